The maximum Gasteiger partial charge on any atom is 0.418 e. The van der Waals surface area contributed by atoms with Crippen molar-refractivity contribution in [1.82, 2.24) is 9.80 Å². The van der Waals surface area contributed by atoms with Gasteiger partial charge in [0, 0.05) is 68.0 Å². The fourth-order valence-electron chi connectivity index (χ4n) is 4.80. The lowest BCUT2D eigenvalue weighted by Crippen LogP contribution is -2.43. The average molecular weight is 648 g/mol. The number of carbonyl (C=O) groups is 2. The molecule has 1 heterocycles. The molecule has 0 aliphatic carbocycles. The lowest BCUT2D eigenvalue weighted by atomic mass is 9.99. The highest BCUT2D eigenvalue weighted by molar-refractivity contribution is 7.99. The van der Waals surface area contributed by atoms with Crippen molar-refractivity contribution in [3.05, 3.63) is 59.2 Å². The van der Waals surface area contributed by atoms with E-state index < -0.39 is 39.8 Å². The summed E-state index contributed by atoms with van der Waals surface area (Å²) >= 11 is 0.568. The van der Waals surface area contributed by atoms with Gasteiger partial charge < -0.3 is 24.6 Å². The minimum atomic E-state index is -5.35. The number of alkyl halides is 6. The Morgan fingerprint density at radius 2 is 1.70 bits per heavy atom. The van der Waals surface area contributed by atoms with Crippen molar-refractivity contribution in [2.24, 2.45) is 0 Å². The molecule has 1 saturated heterocycles. The van der Waals surface area contributed by atoms with Gasteiger partial charge in [-0.15, -0.1) is 0 Å². The van der Waals surface area contributed by atoms with Crippen molar-refractivity contribution < 1.29 is 45.4 Å². The van der Waals surface area contributed by atoms with Crippen molar-refractivity contribution in [2.75, 3.05) is 58.9 Å². The second-order valence-corrected chi connectivity index (χ2v) is 11.1. The van der Waals surface area contributed by atoms with E-state index in [4.69, 9.17) is 9.47 Å². The van der Waals surface area contributed by atoms with Crippen LogP contribution < -0.4 is 5.32 Å². The van der Waals surface area contributed by atoms with Gasteiger partial charge in [0.05, 0.1) is 17.7 Å². The van der Waals surface area contributed by atoms with Gasteiger partial charge in [-0.05, 0) is 55.7 Å². The number of halogens is 6. The first kappa shape index (κ1) is 35.3. The number of likely N-dealkylation sites (tertiary alicyclic amines) is 1. The Kier molecular flexibility index (Phi) is 12.6. The lowest BCUT2D eigenvalue weighted by molar-refractivity contribution is -0.163. The third kappa shape index (κ3) is 9.63. The van der Waals surface area contributed by atoms with Crippen LogP contribution in [-0.2, 0) is 31.4 Å². The molecule has 2 amide bonds. The predicted octanol–water partition coefficient (Wildman–Crippen LogP) is 6.43. The third-order valence-electron chi connectivity index (χ3n) is 6.98. The van der Waals surface area contributed by atoms with E-state index in [9.17, 15) is 35.9 Å². The number of hydrogen-bond acceptors (Lipinski definition) is 6. The zero-order valence-corrected chi connectivity index (χ0v) is 25.4. The van der Waals surface area contributed by atoms with E-state index in [2.05, 4.69) is 5.32 Å². The number of anilines is 1. The van der Waals surface area contributed by atoms with E-state index in [1.165, 1.54) is 25.2 Å². The summed E-state index contributed by atoms with van der Waals surface area (Å²) < 4.78 is 95.3. The van der Waals surface area contributed by atoms with E-state index in [1.807, 2.05) is 0 Å². The molecule has 0 atom stereocenters. The molecule has 44 heavy (non-hydrogen) atoms. The van der Waals surface area contributed by atoms with Crippen LogP contribution in [-0.4, -0.2) is 81.3 Å². The van der Waals surface area contributed by atoms with Crippen molar-refractivity contribution >= 4 is 35.3 Å². The third-order valence-corrected chi connectivity index (χ3v) is 8.03. The summed E-state index contributed by atoms with van der Waals surface area (Å²) in [6, 6.07) is 8.34. The largest absolute Gasteiger partial charge is 0.418 e. The summed E-state index contributed by atoms with van der Waals surface area (Å²) in [6.45, 7) is 3.29. The normalized spacial score (nSPS) is 14.7. The van der Waals surface area contributed by atoms with Crippen LogP contribution in [0.15, 0.2) is 52.3 Å². The minimum absolute atomic E-state index is 0.00340. The Bertz CT molecular complexity index is 1310. The van der Waals surface area contributed by atoms with Crippen LogP contribution in [0.5, 0.6) is 0 Å². The van der Waals surface area contributed by atoms with Crippen molar-refractivity contribution in [2.45, 2.75) is 48.0 Å². The molecular formula is C30H35F6N3O4S. The number of benzene rings is 2. The number of amides is 2. The van der Waals surface area contributed by atoms with E-state index in [-0.39, 0.29) is 38.3 Å². The zero-order chi connectivity index (χ0) is 32.5. The summed E-state index contributed by atoms with van der Waals surface area (Å²) in [4.78, 5) is 27.2. The number of likely N-dealkylation sites (N-methyl/N-ethyl adjacent to an activating group) is 1. The fraction of sp³-hybridized carbons (Fsp3) is 0.467. The van der Waals surface area contributed by atoms with Crippen molar-refractivity contribution in [3.63, 3.8) is 0 Å². The first-order valence-corrected chi connectivity index (χ1v) is 14.7. The number of rotatable bonds is 12. The molecule has 242 valence electrons. The maximum absolute atomic E-state index is 14.3. The molecule has 0 radical (unpaired) electrons. The first-order chi connectivity index (χ1) is 20.8. The van der Waals surface area contributed by atoms with Gasteiger partial charge in [0.25, 0.3) is 0 Å². The Balaban J connectivity index is 1.87. The molecule has 3 rings (SSSR count). The number of ether oxygens (including phenoxy) is 2. The molecule has 7 nitrogen and oxygen atoms in total. The second-order valence-electron chi connectivity index (χ2n) is 10.0. The van der Waals surface area contributed by atoms with Crippen LogP contribution in [0, 0.1) is 0 Å². The summed E-state index contributed by atoms with van der Waals surface area (Å²) in [5.74, 6) is -0.762. The SMILES string of the molecule is CCN(CCOC)C(=O)C=Cc1ccc(Sc2cccc(NC3CCN(C(=O)COC)CC3)c2)c(C(F)(F)F)c1C(F)(F)F. The lowest BCUT2D eigenvalue weighted by Gasteiger charge is -2.32. The second kappa shape index (κ2) is 15.7. The van der Waals surface area contributed by atoms with E-state index >= 15 is 0 Å². The number of nitrogens with one attached hydrogen (secondary N) is 1. The molecule has 1 aliphatic heterocycles. The predicted molar refractivity (Wildman–Crippen MR) is 155 cm³/mol. The molecule has 0 unspecified atom stereocenters. The molecule has 14 heteroatoms. The minimum Gasteiger partial charge on any atom is -0.383 e. The highest BCUT2D eigenvalue weighted by atomic mass is 32.2. The summed E-state index contributed by atoms with van der Waals surface area (Å²) in [7, 11) is 2.87. The quantitative estimate of drug-likeness (QED) is 0.212. The van der Waals surface area contributed by atoms with Gasteiger partial charge in [-0.3, -0.25) is 9.59 Å². The first-order valence-electron chi connectivity index (χ1n) is 13.9. The molecule has 1 fully saturated rings. The van der Waals surface area contributed by atoms with E-state index in [1.54, 1.807) is 30.0 Å². The Morgan fingerprint density at radius 1 is 1.02 bits per heavy atom. The fourth-order valence-corrected chi connectivity index (χ4v) is 5.84. The molecule has 1 aliphatic rings. The number of piperidine rings is 1. The van der Waals surface area contributed by atoms with Gasteiger partial charge in [-0.1, -0.05) is 23.9 Å². The van der Waals surface area contributed by atoms with Crippen LogP contribution in [0.1, 0.15) is 36.5 Å². The van der Waals surface area contributed by atoms with Gasteiger partial charge in [0.2, 0.25) is 11.8 Å². The molecule has 2 aromatic rings. The molecule has 2 aromatic carbocycles. The molecule has 0 spiro atoms. The van der Waals surface area contributed by atoms with Gasteiger partial charge in [-0.25, -0.2) is 0 Å². The Hall–Kier alpha value is -3.23. The summed E-state index contributed by atoms with van der Waals surface area (Å²) in [5, 5.41) is 3.30. The van der Waals surface area contributed by atoms with Crippen LogP contribution >= 0.6 is 11.8 Å². The van der Waals surface area contributed by atoms with E-state index in [0.29, 0.717) is 48.3 Å². The molecule has 1 N–H and O–H groups in total. The topological polar surface area (TPSA) is 71.1 Å². The molecule has 0 saturated carbocycles. The van der Waals surface area contributed by atoms with Gasteiger partial charge in [0.15, 0.2) is 0 Å². The van der Waals surface area contributed by atoms with Crippen LogP contribution in [0.4, 0.5) is 32.0 Å². The van der Waals surface area contributed by atoms with Crippen molar-refractivity contribution in [1.29, 1.82) is 0 Å². The van der Waals surface area contributed by atoms with Crippen LogP contribution in [0.2, 0.25) is 0 Å². The standard InChI is InChI=1S/C30H35F6N3O4S/c1-4-38(16-17-42-2)25(40)11-9-20-8-10-24(28(30(34,35)36)27(20)29(31,32)33)44-23-7-5-6-22(18-23)37-21-12-14-39(15-13-21)26(41)19-43-3/h5-11,18,21,37H,4,12-17,19H2,1-3H3. The Labute approximate surface area is 256 Å². The summed E-state index contributed by atoms with van der Waals surface area (Å²) in [6.07, 6.45) is -7.81. The van der Waals surface area contributed by atoms with Crippen molar-refractivity contribution in [3.8, 4) is 0 Å². The van der Waals surface area contributed by atoms with Crippen LogP contribution in [0.25, 0.3) is 6.08 Å². The van der Waals surface area contributed by atoms with E-state index in [0.717, 1.165) is 24.3 Å². The number of methoxy groups -OCH3 is 2. The van der Waals surface area contributed by atoms with Gasteiger partial charge in [-0.2, -0.15) is 26.3 Å². The van der Waals surface area contributed by atoms with Gasteiger partial charge in [0.1, 0.15) is 6.61 Å². The smallest absolute Gasteiger partial charge is 0.383 e. The maximum atomic E-state index is 14.3. The monoisotopic (exact) mass is 647 g/mol. The Morgan fingerprint density at radius 3 is 2.30 bits per heavy atom. The summed E-state index contributed by atoms with van der Waals surface area (Å²) in [5.41, 5.74) is -3.85. The van der Waals surface area contributed by atoms with Crippen LogP contribution in [0.3, 0.4) is 0 Å². The molecule has 0 aromatic heterocycles. The van der Waals surface area contributed by atoms with Gasteiger partial charge >= 0.3 is 12.4 Å². The molecule has 0 bridgehead atoms. The highest BCUT2D eigenvalue weighted by Crippen LogP contribution is 2.48. The number of hydrogen-bond donors (Lipinski definition) is 1. The number of carbonyl (C=O) groups excluding carboxylic acids is 2. The molecular weight excluding hydrogens is 612 g/mol. The zero-order valence-electron chi connectivity index (χ0n) is 24.6. The highest BCUT2D eigenvalue weighted by Gasteiger charge is 2.46. The average Bonchev–Trinajstić information content (AvgIpc) is 2.96. The number of nitrogens with zero attached hydrogens (tertiary/aromatic N) is 2.